The SMILES string of the molecule is COc1ccccc1Oc1ccc(NC(=O)c2ccn(C(C)C)n2)cc1. The molecule has 0 unspecified atom stereocenters. The van der Waals surface area contributed by atoms with Gasteiger partial charge in [0.15, 0.2) is 17.2 Å². The molecule has 6 heteroatoms. The smallest absolute Gasteiger partial charge is 0.276 e. The maximum absolute atomic E-state index is 12.3. The summed E-state index contributed by atoms with van der Waals surface area (Å²) in [5.41, 5.74) is 1.05. The van der Waals surface area contributed by atoms with Crippen LogP contribution in [0.2, 0.25) is 0 Å². The van der Waals surface area contributed by atoms with Gasteiger partial charge >= 0.3 is 0 Å². The molecule has 1 amide bonds. The number of ether oxygens (including phenoxy) is 2. The summed E-state index contributed by atoms with van der Waals surface area (Å²) in [5.74, 6) is 1.69. The number of aromatic nitrogens is 2. The Kier molecular flexibility index (Phi) is 5.22. The van der Waals surface area contributed by atoms with Crippen molar-refractivity contribution in [3.05, 3.63) is 66.5 Å². The average Bonchev–Trinajstić information content (AvgIpc) is 3.14. The van der Waals surface area contributed by atoms with E-state index in [0.717, 1.165) is 0 Å². The van der Waals surface area contributed by atoms with Crippen molar-refractivity contribution in [2.24, 2.45) is 0 Å². The van der Waals surface area contributed by atoms with Crippen LogP contribution >= 0.6 is 0 Å². The van der Waals surface area contributed by atoms with Crippen LogP contribution in [0.4, 0.5) is 5.69 Å². The minimum atomic E-state index is -0.247. The Morgan fingerprint density at radius 3 is 2.35 bits per heavy atom. The van der Waals surface area contributed by atoms with E-state index in [4.69, 9.17) is 9.47 Å². The predicted octanol–water partition coefficient (Wildman–Crippen LogP) is 4.52. The molecular weight excluding hydrogens is 330 g/mol. The molecule has 3 rings (SSSR count). The number of hydrogen-bond donors (Lipinski definition) is 1. The van der Waals surface area contributed by atoms with Crippen molar-refractivity contribution in [3.8, 4) is 17.2 Å². The lowest BCUT2D eigenvalue weighted by atomic mass is 10.2. The first kappa shape index (κ1) is 17.5. The van der Waals surface area contributed by atoms with Gasteiger partial charge in [-0.25, -0.2) is 0 Å². The van der Waals surface area contributed by atoms with Gasteiger partial charge in [0, 0.05) is 17.9 Å². The van der Waals surface area contributed by atoms with Crippen LogP contribution in [0.5, 0.6) is 17.2 Å². The first-order chi connectivity index (χ1) is 12.6. The fourth-order valence-corrected chi connectivity index (χ4v) is 2.38. The Bertz CT molecular complexity index is 885. The van der Waals surface area contributed by atoms with E-state index in [2.05, 4.69) is 10.4 Å². The molecule has 134 valence electrons. The van der Waals surface area contributed by atoms with E-state index < -0.39 is 0 Å². The van der Waals surface area contributed by atoms with Crippen molar-refractivity contribution in [2.75, 3.05) is 12.4 Å². The molecule has 0 atom stereocenters. The second-order valence-corrected chi connectivity index (χ2v) is 6.01. The molecule has 6 nitrogen and oxygen atoms in total. The van der Waals surface area contributed by atoms with Crippen LogP contribution in [0.3, 0.4) is 0 Å². The molecule has 0 saturated heterocycles. The van der Waals surface area contributed by atoms with Gasteiger partial charge in [-0.05, 0) is 56.3 Å². The van der Waals surface area contributed by atoms with Gasteiger partial charge in [-0.2, -0.15) is 5.10 Å². The molecule has 26 heavy (non-hydrogen) atoms. The molecule has 0 radical (unpaired) electrons. The van der Waals surface area contributed by atoms with Gasteiger partial charge in [0.05, 0.1) is 7.11 Å². The van der Waals surface area contributed by atoms with E-state index in [-0.39, 0.29) is 11.9 Å². The Morgan fingerprint density at radius 2 is 1.73 bits per heavy atom. The Hall–Kier alpha value is -3.28. The Labute approximate surface area is 152 Å². The molecule has 3 aromatic rings. The van der Waals surface area contributed by atoms with E-state index in [1.165, 1.54) is 0 Å². The largest absolute Gasteiger partial charge is 0.493 e. The van der Waals surface area contributed by atoms with Gasteiger partial charge in [-0.1, -0.05) is 12.1 Å². The Morgan fingerprint density at radius 1 is 1.04 bits per heavy atom. The number of nitrogens with zero attached hydrogens (tertiary/aromatic N) is 2. The molecule has 0 fully saturated rings. The zero-order valence-electron chi connectivity index (χ0n) is 15.0. The topological polar surface area (TPSA) is 65.4 Å². The quantitative estimate of drug-likeness (QED) is 0.709. The number of nitrogens with one attached hydrogen (secondary N) is 1. The molecule has 1 heterocycles. The number of carbonyl (C=O) groups is 1. The minimum absolute atomic E-state index is 0.211. The van der Waals surface area contributed by atoms with Crippen molar-refractivity contribution in [1.82, 2.24) is 9.78 Å². The third-order valence-corrected chi connectivity index (χ3v) is 3.78. The molecule has 2 aromatic carbocycles. The summed E-state index contributed by atoms with van der Waals surface area (Å²) >= 11 is 0. The van der Waals surface area contributed by atoms with Gasteiger partial charge in [0.1, 0.15) is 5.75 Å². The highest BCUT2D eigenvalue weighted by Gasteiger charge is 2.11. The van der Waals surface area contributed by atoms with E-state index in [0.29, 0.717) is 28.6 Å². The second kappa shape index (κ2) is 7.74. The first-order valence-electron chi connectivity index (χ1n) is 8.34. The number of para-hydroxylation sites is 2. The van der Waals surface area contributed by atoms with Crippen LogP contribution in [0.25, 0.3) is 0 Å². The second-order valence-electron chi connectivity index (χ2n) is 6.01. The first-order valence-corrected chi connectivity index (χ1v) is 8.34. The fourth-order valence-electron chi connectivity index (χ4n) is 2.38. The summed E-state index contributed by atoms with van der Waals surface area (Å²) in [5, 5.41) is 7.09. The highest BCUT2D eigenvalue weighted by Crippen LogP contribution is 2.31. The van der Waals surface area contributed by atoms with Crippen LogP contribution in [0.1, 0.15) is 30.4 Å². The summed E-state index contributed by atoms with van der Waals surface area (Å²) in [6.45, 7) is 4.02. The van der Waals surface area contributed by atoms with Crippen LogP contribution in [0.15, 0.2) is 60.8 Å². The maximum atomic E-state index is 12.3. The number of methoxy groups -OCH3 is 1. The molecule has 0 saturated carbocycles. The third kappa shape index (κ3) is 4.03. The molecule has 0 aliphatic rings. The van der Waals surface area contributed by atoms with Crippen molar-refractivity contribution in [2.45, 2.75) is 19.9 Å². The summed E-state index contributed by atoms with van der Waals surface area (Å²) in [6, 6.07) is 16.5. The molecular formula is C20H21N3O3. The number of benzene rings is 2. The van der Waals surface area contributed by atoms with Gasteiger partial charge in [0.2, 0.25) is 0 Å². The fraction of sp³-hybridized carbons (Fsp3) is 0.200. The maximum Gasteiger partial charge on any atom is 0.276 e. The van der Waals surface area contributed by atoms with Crippen molar-refractivity contribution < 1.29 is 14.3 Å². The highest BCUT2D eigenvalue weighted by atomic mass is 16.5. The molecule has 0 aliphatic heterocycles. The van der Waals surface area contributed by atoms with Gasteiger partial charge < -0.3 is 14.8 Å². The number of rotatable bonds is 6. The van der Waals surface area contributed by atoms with E-state index in [9.17, 15) is 4.79 Å². The molecule has 0 spiro atoms. The summed E-state index contributed by atoms with van der Waals surface area (Å²) < 4.78 is 12.8. The molecule has 0 bridgehead atoms. The van der Waals surface area contributed by atoms with Crippen molar-refractivity contribution in [3.63, 3.8) is 0 Å². The summed E-state index contributed by atoms with van der Waals surface area (Å²) in [6.07, 6.45) is 1.80. The van der Waals surface area contributed by atoms with Crippen LogP contribution < -0.4 is 14.8 Å². The lowest BCUT2D eigenvalue weighted by Gasteiger charge is -2.10. The third-order valence-electron chi connectivity index (χ3n) is 3.78. The van der Waals surface area contributed by atoms with Crippen molar-refractivity contribution >= 4 is 11.6 Å². The Balaban J connectivity index is 1.66. The predicted molar refractivity (Wildman–Crippen MR) is 100 cm³/mol. The van der Waals surface area contributed by atoms with E-state index >= 15 is 0 Å². The number of carbonyl (C=O) groups excluding carboxylic acids is 1. The lowest BCUT2D eigenvalue weighted by molar-refractivity contribution is 0.102. The number of anilines is 1. The van der Waals surface area contributed by atoms with E-state index in [1.807, 2.05) is 38.1 Å². The zero-order valence-corrected chi connectivity index (χ0v) is 15.0. The molecule has 1 aromatic heterocycles. The summed E-state index contributed by atoms with van der Waals surface area (Å²) in [4.78, 5) is 12.3. The van der Waals surface area contributed by atoms with Gasteiger partial charge in [-0.15, -0.1) is 0 Å². The van der Waals surface area contributed by atoms with Crippen LogP contribution in [-0.4, -0.2) is 22.8 Å². The number of hydrogen-bond acceptors (Lipinski definition) is 4. The lowest BCUT2D eigenvalue weighted by Crippen LogP contribution is -2.13. The monoisotopic (exact) mass is 351 g/mol. The van der Waals surface area contributed by atoms with Gasteiger partial charge in [-0.3, -0.25) is 9.48 Å². The highest BCUT2D eigenvalue weighted by molar-refractivity contribution is 6.02. The minimum Gasteiger partial charge on any atom is -0.493 e. The molecule has 1 N–H and O–H groups in total. The van der Waals surface area contributed by atoms with Crippen LogP contribution in [-0.2, 0) is 0 Å². The van der Waals surface area contributed by atoms with Crippen molar-refractivity contribution in [1.29, 1.82) is 0 Å². The van der Waals surface area contributed by atoms with Crippen LogP contribution in [0, 0.1) is 0 Å². The van der Waals surface area contributed by atoms with Gasteiger partial charge in [0.25, 0.3) is 5.91 Å². The number of amides is 1. The summed E-state index contributed by atoms with van der Waals surface area (Å²) in [7, 11) is 1.60. The standard InChI is InChI=1S/C20H21N3O3/c1-14(2)23-13-12-17(22-23)20(24)21-15-8-10-16(11-9-15)26-19-7-5-4-6-18(19)25-3/h4-14H,1-3H3,(H,21,24). The average molecular weight is 351 g/mol. The zero-order chi connectivity index (χ0) is 18.5. The normalized spacial score (nSPS) is 10.6. The van der Waals surface area contributed by atoms with E-state index in [1.54, 1.807) is 48.3 Å². The molecule has 0 aliphatic carbocycles.